The molecule has 1 aliphatic heterocycles. The molecule has 1 fully saturated rings. The number of rotatable bonds is 3. The Hall–Kier alpha value is -1.06. The lowest BCUT2D eigenvalue weighted by molar-refractivity contribution is 0.202. The topological polar surface area (TPSA) is 24.5 Å². The summed E-state index contributed by atoms with van der Waals surface area (Å²) in [6.07, 6.45) is 0. The van der Waals surface area contributed by atoms with Crippen LogP contribution in [0.15, 0.2) is 24.3 Å². The lowest BCUT2D eigenvalue weighted by Crippen LogP contribution is -2.43. The first-order valence-electron chi connectivity index (χ1n) is 5.95. The minimum Gasteiger partial charge on any atom is -0.494 e. The molecule has 0 saturated carbocycles. The number of likely N-dealkylation sites (N-methyl/N-ethyl adjacent to an activating group) is 1. The first-order chi connectivity index (χ1) is 7.81. The third kappa shape index (κ3) is 2.54. The average Bonchev–Trinajstić information content (AvgIpc) is 2.30. The van der Waals surface area contributed by atoms with Gasteiger partial charge >= 0.3 is 0 Å². The molecule has 1 aromatic rings. The van der Waals surface area contributed by atoms with Gasteiger partial charge in [0.25, 0.3) is 0 Å². The minimum atomic E-state index is 0.467. The van der Waals surface area contributed by atoms with Gasteiger partial charge in [0.2, 0.25) is 0 Å². The van der Waals surface area contributed by atoms with E-state index >= 15 is 0 Å². The van der Waals surface area contributed by atoms with E-state index in [9.17, 15) is 0 Å². The van der Waals surface area contributed by atoms with Gasteiger partial charge in [-0.05, 0) is 31.7 Å². The number of benzene rings is 1. The van der Waals surface area contributed by atoms with E-state index < -0.39 is 0 Å². The smallest absolute Gasteiger partial charge is 0.119 e. The van der Waals surface area contributed by atoms with Gasteiger partial charge in [-0.1, -0.05) is 12.1 Å². The number of hydrogen-bond donors (Lipinski definition) is 1. The molecule has 0 bridgehead atoms. The Balaban J connectivity index is 2.15. The predicted octanol–water partition coefficient (Wildman–Crippen LogP) is 1.66. The van der Waals surface area contributed by atoms with Crippen LogP contribution in [0, 0.1) is 0 Å². The van der Waals surface area contributed by atoms with E-state index in [1.807, 2.05) is 13.0 Å². The first-order valence-corrected chi connectivity index (χ1v) is 5.95. The summed E-state index contributed by atoms with van der Waals surface area (Å²) in [6.45, 7) is 5.94. The Bertz CT molecular complexity index is 340. The zero-order valence-electron chi connectivity index (χ0n) is 10.1. The quantitative estimate of drug-likeness (QED) is 0.838. The van der Waals surface area contributed by atoms with Crippen LogP contribution in [0.4, 0.5) is 0 Å². The standard InChI is InChI=1S/C13H20N2O/c1-3-16-12-6-4-5-11(9-12)13-10-14-7-8-15(13)2/h4-6,9,13-14H,3,7-8,10H2,1-2H3. The highest BCUT2D eigenvalue weighted by molar-refractivity contribution is 5.31. The highest BCUT2D eigenvalue weighted by Gasteiger charge is 2.20. The second-order valence-corrected chi connectivity index (χ2v) is 4.21. The van der Waals surface area contributed by atoms with Crippen LogP contribution < -0.4 is 10.1 Å². The monoisotopic (exact) mass is 220 g/mol. The molecule has 2 rings (SSSR count). The number of piperazine rings is 1. The van der Waals surface area contributed by atoms with Crippen molar-refractivity contribution in [1.29, 1.82) is 0 Å². The lowest BCUT2D eigenvalue weighted by atomic mass is 10.0. The third-order valence-electron chi connectivity index (χ3n) is 3.06. The summed E-state index contributed by atoms with van der Waals surface area (Å²) in [7, 11) is 2.18. The van der Waals surface area contributed by atoms with Crippen molar-refractivity contribution in [3.05, 3.63) is 29.8 Å². The largest absolute Gasteiger partial charge is 0.494 e. The lowest BCUT2D eigenvalue weighted by Gasteiger charge is -2.33. The fourth-order valence-corrected chi connectivity index (χ4v) is 2.16. The van der Waals surface area contributed by atoms with Crippen LogP contribution in [0.2, 0.25) is 0 Å². The van der Waals surface area contributed by atoms with E-state index in [-0.39, 0.29) is 0 Å². The molecule has 0 aliphatic carbocycles. The van der Waals surface area contributed by atoms with Crippen molar-refractivity contribution in [3.63, 3.8) is 0 Å². The van der Waals surface area contributed by atoms with Crippen molar-refractivity contribution in [2.45, 2.75) is 13.0 Å². The number of hydrogen-bond acceptors (Lipinski definition) is 3. The minimum absolute atomic E-state index is 0.467. The third-order valence-corrected chi connectivity index (χ3v) is 3.06. The van der Waals surface area contributed by atoms with Gasteiger partial charge in [-0.25, -0.2) is 0 Å². The van der Waals surface area contributed by atoms with Crippen LogP contribution in [0.3, 0.4) is 0 Å². The molecule has 88 valence electrons. The molecule has 1 heterocycles. The van der Waals surface area contributed by atoms with E-state index in [0.717, 1.165) is 32.0 Å². The summed E-state index contributed by atoms with van der Waals surface area (Å²) < 4.78 is 5.53. The number of nitrogens with zero attached hydrogens (tertiary/aromatic N) is 1. The normalized spacial score (nSPS) is 22.0. The van der Waals surface area contributed by atoms with E-state index in [1.54, 1.807) is 0 Å². The Kier molecular flexibility index (Phi) is 3.80. The first kappa shape index (κ1) is 11.4. The fraction of sp³-hybridized carbons (Fsp3) is 0.538. The Morgan fingerprint density at radius 1 is 1.50 bits per heavy atom. The Morgan fingerprint density at radius 2 is 2.38 bits per heavy atom. The molecular formula is C13H20N2O. The maximum Gasteiger partial charge on any atom is 0.119 e. The van der Waals surface area contributed by atoms with Gasteiger partial charge in [-0.15, -0.1) is 0 Å². The van der Waals surface area contributed by atoms with Gasteiger partial charge in [0.15, 0.2) is 0 Å². The Labute approximate surface area is 97.4 Å². The van der Waals surface area contributed by atoms with Crippen molar-refractivity contribution in [1.82, 2.24) is 10.2 Å². The van der Waals surface area contributed by atoms with Gasteiger partial charge in [-0.2, -0.15) is 0 Å². The molecule has 1 unspecified atom stereocenters. The van der Waals surface area contributed by atoms with Gasteiger partial charge in [0, 0.05) is 25.7 Å². The van der Waals surface area contributed by atoms with Crippen LogP contribution in [0.5, 0.6) is 5.75 Å². The van der Waals surface area contributed by atoms with Gasteiger partial charge in [0.1, 0.15) is 5.75 Å². The second kappa shape index (κ2) is 5.32. The molecule has 1 aliphatic rings. The maximum absolute atomic E-state index is 5.53. The van der Waals surface area contributed by atoms with Crippen LogP contribution >= 0.6 is 0 Å². The van der Waals surface area contributed by atoms with Gasteiger partial charge in [-0.3, -0.25) is 4.90 Å². The van der Waals surface area contributed by atoms with Crippen molar-refractivity contribution in [2.75, 3.05) is 33.3 Å². The molecule has 1 N–H and O–H groups in total. The molecule has 0 aromatic heterocycles. The van der Waals surface area contributed by atoms with Crippen molar-refractivity contribution >= 4 is 0 Å². The highest BCUT2D eigenvalue weighted by Crippen LogP contribution is 2.24. The molecular weight excluding hydrogens is 200 g/mol. The van der Waals surface area contributed by atoms with E-state index in [0.29, 0.717) is 6.04 Å². The number of nitrogens with one attached hydrogen (secondary N) is 1. The molecule has 3 heteroatoms. The zero-order valence-corrected chi connectivity index (χ0v) is 10.1. The fourth-order valence-electron chi connectivity index (χ4n) is 2.16. The van der Waals surface area contributed by atoms with Crippen molar-refractivity contribution in [2.24, 2.45) is 0 Å². The predicted molar refractivity (Wildman–Crippen MR) is 65.9 cm³/mol. The summed E-state index contributed by atoms with van der Waals surface area (Å²) in [5.74, 6) is 0.971. The number of ether oxygens (including phenoxy) is 1. The summed E-state index contributed by atoms with van der Waals surface area (Å²) in [6, 6.07) is 8.88. The van der Waals surface area contributed by atoms with Crippen molar-refractivity contribution < 1.29 is 4.74 Å². The van der Waals surface area contributed by atoms with Crippen LogP contribution in [0.1, 0.15) is 18.5 Å². The highest BCUT2D eigenvalue weighted by atomic mass is 16.5. The second-order valence-electron chi connectivity index (χ2n) is 4.21. The summed E-state index contributed by atoms with van der Waals surface area (Å²) in [4.78, 5) is 2.39. The maximum atomic E-state index is 5.53. The average molecular weight is 220 g/mol. The molecule has 1 saturated heterocycles. The van der Waals surface area contributed by atoms with E-state index in [1.165, 1.54) is 5.56 Å². The van der Waals surface area contributed by atoms with E-state index in [4.69, 9.17) is 4.74 Å². The van der Waals surface area contributed by atoms with Crippen LogP contribution in [-0.4, -0.2) is 38.2 Å². The summed E-state index contributed by atoms with van der Waals surface area (Å²) >= 11 is 0. The molecule has 1 atom stereocenters. The van der Waals surface area contributed by atoms with Crippen LogP contribution in [-0.2, 0) is 0 Å². The van der Waals surface area contributed by atoms with Gasteiger partial charge < -0.3 is 10.1 Å². The molecule has 0 radical (unpaired) electrons. The molecule has 0 amide bonds. The van der Waals surface area contributed by atoms with E-state index in [2.05, 4.69) is 35.5 Å². The summed E-state index contributed by atoms with van der Waals surface area (Å²) in [5, 5.41) is 3.43. The molecule has 3 nitrogen and oxygen atoms in total. The molecule has 1 aromatic carbocycles. The van der Waals surface area contributed by atoms with Gasteiger partial charge in [0.05, 0.1) is 6.61 Å². The van der Waals surface area contributed by atoms with Crippen LogP contribution in [0.25, 0.3) is 0 Å². The SMILES string of the molecule is CCOc1cccc(C2CNCCN2C)c1. The Morgan fingerprint density at radius 3 is 3.12 bits per heavy atom. The summed E-state index contributed by atoms with van der Waals surface area (Å²) in [5.41, 5.74) is 1.33. The molecule has 16 heavy (non-hydrogen) atoms. The zero-order chi connectivity index (χ0) is 11.4. The van der Waals surface area contributed by atoms with Crippen molar-refractivity contribution in [3.8, 4) is 5.75 Å². The molecule has 0 spiro atoms.